The second-order valence-corrected chi connectivity index (χ2v) is 4.70. The van der Waals surface area contributed by atoms with Gasteiger partial charge in [-0.3, -0.25) is 4.79 Å². The molecule has 0 aliphatic carbocycles. The van der Waals surface area contributed by atoms with Crippen LogP contribution in [0.4, 0.5) is 22.0 Å². The van der Waals surface area contributed by atoms with Gasteiger partial charge in [0.25, 0.3) is 0 Å². The molecule has 0 aromatic carbocycles. The first-order valence-electron chi connectivity index (χ1n) is 6.08. The third-order valence-electron chi connectivity index (χ3n) is 3.33. The molecule has 1 amide bonds. The van der Waals surface area contributed by atoms with Crippen molar-refractivity contribution in [3.8, 4) is 0 Å². The van der Waals surface area contributed by atoms with Crippen LogP contribution in [-0.4, -0.2) is 49.6 Å². The fourth-order valence-electron chi connectivity index (χ4n) is 2.09. The van der Waals surface area contributed by atoms with Gasteiger partial charge in [0, 0.05) is 13.1 Å². The average molecular weight is 288 g/mol. The number of rotatable bonds is 4. The first kappa shape index (κ1) is 16.1. The zero-order chi connectivity index (χ0) is 14.7. The Kier molecular flexibility index (Phi) is 5.11. The van der Waals surface area contributed by atoms with Crippen molar-refractivity contribution >= 4 is 5.91 Å². The minimum absolute atomic E-state index is 0.0428. The second kappa shape index (κ2) is 6.02. The van der Waals surface area contributed by atoms with E-state index in [9.17, 15) is 26.7 Å². The third kappa shape index (κ3) is 3.77. The molecule has 0 aromatic rings. The summed E-state index contributed by atoms with van der Waals surface area (Å²) >= 11 is 0. The van der Waals surface area contributed by atoms with Gasteiger partial charge in [-0.15, -0.1) is 0 Å². The van der Waals surface area contributed by atoms with Gasteiger partial charge in [-0.1, -0.05) is 0 Å². The molecule has 0 bridgehead atoms. The summed E-state index contributed by atoms with van der Waals surface area (Å²) in [7, 11) is 1.78. The summed E-state index contributed by atoms with van der Waals surface area (Å²) in [5, 5.41) is 2.94. The number of carbonyl (C=O) groups is 1. The molecule has 0 unspecified atom stereocenters. The maximum atomic E-state index is 12.9. The van der Waals surface area contributed by atoms with E-state index in [2.05, 4.69) is 5.32 Å². The number of piperidine rings is 1. The standard InChI is InChI=1S/C11H17F5N2O/c1-17-5-2-8-3-6-18(7-4-8)9(19)10(12,13)11(14,15)16/h8,17H,2-7H2,1H3. The molecule has 0 atom stereocenters. The summed E-state index contributed by atoms with van der Waals surface area (Å²) in [6.45, 7) is 0.676. The summed E-state index contributed by atoms with van der Waals surface area (Å²) in [6.07, 6.45) is -4.08. The third-order valence-corrected chi connectivity index (χ3v) is 3.33. The lowest BCUT2D eigenvalue weighted by atomic mass is 9.93. The molecule has 19 heavy (non-hydrogen) atoms. The highest BCUT2D eigenvalue weighted by atomic mass is 19.4. The quantitative estimate of drug-likeness (QED) is 0.803. The van der Waals surface area contributed by atoms with Crippen molar-refractivity contribution in [2.75, 3.05) is 26.7 Å². The van der Waals surface area contributed by atoms with Crippen molar-refractivity contribution < 1.29 is 26.7 Å². The van der Waals surface area contributed by atoms with Gasteiger partial charge in [-0.05, 0) is 38.8 Å². The van der Waals surface area contributed by atoms with E-state index in [1.165, 1.54) is 0 Å². The lowest BCUT2D eigenvalue weighted by Gasteiger charge is -2.34. The maximum Gasteiger partial charge on any atom is 0.463 e. The predicted octanol–water partition coefficient (Wildman–Crippen LogP) is 2.03. The topological polar surface area (TPSA) is 32.3 Å². The lowest BCUT2D eigenvalue weighted by molar-refractivity contribution is -0.274. The second-order valence-electron chi connectivity index (χ2n) is 4.70. The van der Waals surface area contributed by atoms with E-state index < -0.39 is 18.0 Å². The molecule has 112 valence electrons. The summed E-state index contributed by atoms with van der Waals surface area (Å²) < 4.78 is 62.0. The van der Waals surface area contributed by atoms with E-state index in [0.717, 1.165) is 13.0 Å². The maximum absolute atomic E-state index is 12.9. The summed E-state index contributed by atoms with van der Waals surface area (Å²) in [6, 6.07) is 0. The molecule has 1 N–H and O–H groups in total. The van der Waals surface area contributed by atoms with Crippen molar-refractivity contribution in [1.82, 2.24) is 10.2 Å². The SMILES string of the molecule is CNCCC1CCN(C(=O)C(F)(F)C(F)(F)F)CC1. The molecule has 1 aliphatic rings. The van der Waals surface area contributed by atoms with Crippen LogP contribution in [0.2, 0.25) is 0 Å². The highest BCUT2D eigenvalue weighted by Gasteiger charge is 2.64. The molecule has 0 aromatic heterocycles. The van der Waals surface area contributed by atoms with Gasteiger partial charge >= 0.3 is 18.0 Å². The van der Waals surface area contributed by atoms with Crippen molar-refractivity contribution in [1.29, 1.82) is 0 Å². The van der Waals surface area contributed by atoms with Gasteiger partial charge in [0.15, 0.2) is 0 Å². The number of amides is 1. The van der Waals surface area contributed by atoms with Crippen LogP contribution >= 0.6 is 0 Å². The molecule has 1 aliphatic heterocycles. The Hall–Kier alpha value is -0.920. The number of halogens is 5. The van der Waals surface area contributed by atoms with Gasteiger partial charge in [0.2, 0.25) is 0 Å². The van der Waals surface area contributed by atoms with Crippen LogP contribution < -0.4 is 5.32 Å². The number of alkyl halides is 5. The molecule has 0 radical (unpaired) electrons. The van der Waals surface area contributed by atoms with Crippen molar-refractivity contribution in [2.24, 2.45) is 5.92 Å². The molecule has 0 spiro atoms. The number of nitrogens with one attached hydrogen (secondary N) is 1. The normalized spacial score (nSPS) is 18.7. The Balaban J connectivity index is 2.54. The molecular weight excluding hydrogens is 271 g/mol. The largest absolute Gasteiger partial charge is 0.463 e. The van der Waals surface area contributed by atoms with E-state index in [4.69, 9.17) is 0 Å². The Labute approximate surface area is 108 Å². The van der Waals surface area contributed by atoms with Crippen molar-refractivity contribution in [2.45, 2.75) is 31.4 Å². The summed E-state index contributed by atoms with van der Waals surface area (Å²) in [4.78, 5) is 11.8. The Morgan fingerprint density at radius 1 is 1.21 bits per heavy atom. The van der Waals surface area contributed by atoms with E-state index >= 15 is 0 Å². The Bertz CT molecular complexity index is 311. The van der Waals surface area contributed by atoms with Crippen LogP contribution in [0.15, 0.2) is 0 Å². The molecule has 1 saturated heterocycles. The van der Waals surface area contributed by atoms with E-state index in [1.54, 1.807) is 7.05 Å². The van der Waals surface area contributed by atoms with Gasteiger partial charge < -0.3 is 10.2 Å². The monoisotopic (exact) mass is 288 g/mol. The fourth-order valence-corrected chi connectivity index (χ4v) is 2.09. The van der Waals surface area contributed by atoms with Gasteiger partial charge in [0.1, 0.15) is 0 Å². The molecule has 1 rings (SSSR count). The van der Waals surface area contributed by atoms with E-state index in [-0.39, 0.29) is 19.0 Å². The van der Waals surface area contributed by atoms with Crippen LogP contribution in [0.25, 0.3) is 0 Å². The summed E-state index contributed by atoms with van der Waals surface area (Å²) in [5.41, 5.74) is 0. The van der Waals surface area contributed by atoms with Crippen molar-refractivity contribution in [3.05, 3.63) is 0 Å². The van der Waals surface area contributed by atoms with Gasteiger partial charge in [0.05, 0.1) is 0 Å². The highest BCUT2D eigenvalue weighted by molar-refractivity contribution is 5.84. The predicted molar refractivity (Wildman–Crippen MR) is 58.8 cm³/mol. The van der Waals surface area contributed by atoms with Crippen LogP contribution in [0.5, 0.6) is 0 Å². The number of hydrogen-bond acceptors (Lipinski definition) is 2. The number of likely N-dealkylation sites (tertiary alicyclic amines) is 1. The van der Waals surface area contributed by atoms with Gasteiger partial charge in [-0.25, -0.2) is 0 Å². The van der Waals surface area contributed by atoms with Crippen LogP contribution in [0, 0.1) is 5.92 Å². The smallest absolute Gasteiger partial charge is 0.337 e. The van der Waals surface area contributed by atoms with Gasteiger partial charge in [-0.2, -0.15) is 22.0 Å². The molecule has 8 heteroatoms. The Morgan fingerprint density at radius 2 is 1.74 bits per heavy atom. The number of carbonyl (C=O) groups excluding carboxylic acids is 1. The molecular formula is C11H17F5N2O. The number of nitrogens with zero attached hydrogens (tertiary/aromatic N) is 1. The van der Waals surface area contributed by atoms with E-state index in [1.807, 2.05) is 0 Å². The van der Waals surface area contributed by atoms with Crippen LogP contribution in [0.1, 0.15) is 19.3 Å². The first-order chi connectivity index (χ1) is 8.70. The lowest BCUT2D eigenvalue weighted by Crippen LogP contribution is -2.54. The average Bonchev–Trinajstić information content (AvgIpc) is 2.34. The molecule has 1 heterocycles. The first-order valence-corrected chi connectivity index (χ1v) is 6.08. The summed E-state index contributed by atoms with van der Waals surface area (Å²) in [5.74, 6) is -7.16. The minimum atomic E-state index is -5.83. The minimum Gasteiger partial charge on any atom is -0.337 e. The molecule has 3 nitrogen and oxygen atoms in total. The highest BCUT2D eigenvalue weighted by Crippen LogP contribution is 2.37. The number of hydrogen-bond donors (Lipinski definition) is 1. The zero-order valence-corrected chi connectivity index (χ0v) is 10.6. The van der Waals surface area contributed by atoms with Crippen LogP contribution in [-0.2, 0) is 4.79 Å². The van der Waals surface area contributed by atoms with E-state index in [0.29, 0.717) is 17.7 Å². The molecule has 0 saturated carbocycles. The Morgan fingerprint density at radius 3 is 2.16 bits per heavy atom. The van der Waals surface area contributed by atoms with Crippen molar-refractivity contribution in [3.63, 3.8) is 0 Å². The fraction of sp³-hybridized carbons (Fsp3) is 0.909. The molecule has 1 fully saturated rings. The zero-order valence-electron chi connectivity index (χ0n) is 10.6. The van der Waals surface area contributed by atoms with Crippen LogP contribution in [0.3, 0.4) is 0 Å².